The van der Waals surface area contributed by atoms with Crippen LogP contribution >= 0.6 is 11.6 Å². The fourth-order valence-electron chi connectivity index (χ4n) is 5.84. The maximum Gasteiger partial charge on any atom is 0.435 e. The third kappa shape index (κ3) is 7.33. The Balaban J connectivity index is 1.03. The number of aromatic amines is 1. The number of H-pyrrole nitrogens is 1. The van der Waals surface area contributed by atoms with Gasteiger partial charge in [0.1, 0.15) is 0 Å². The number of rotatable bonds is 8. The molecule has 1 aromatic carbocycles. The molecule has 0 spiro atoms. The third-order valence-corrected chi connectivity index (χ3v) is 8.83. The van der Waals surface area contributed by atoms with Gasteiger partial charge in [-0.15, -0.1) is 0 Å². The van der Waals surface area contributed by atoms with Gasteiger partial charge in [-0.2, -0.15) is 18.3 Å². The van der Waals surface area contributed by atoms with Gasteiger partial charge < -0.3 is 25.4 Å². The Hall–Kier alpha value is -3.91. The van der Waals surface area contributed by atoms with Crippen molar-refractivity contribution in [2.45, 2.75) is 50.7 Å². The first-order chi connectivity index (χ1) is 21.5. The molecule has 4 heterocycles. The maximum absolute atomic E-state index is 13.5. The summed E-state index contributed by atoms with van der Waals surface area (Å²) in [5, 5.41) is 9.85. The van der Waals surface area contributed by atoms with E-state index in [0.29, 0.717) is 49.9 Å². The number of amides is 3. The Labute approximate surface area is 262 Å². The van der Waals surface area contributed by atoms with E-state index in [1.54, 1.807) is 11.0 Å². The zero-order valence-corrected chi connectivity index (χ0v) is 25.3. The van der Waals surface area contributed by atoms with Crippen LogP contribution < -0.4 is 10.6 Å². The predicted octanol–water partition coefficient (Wildman–Crippen LogP) is 4.13. The van der Waals surface area contributed by atoms with Crippen LogP contribution in [-0.2, 0) is 17.4 Å². The molecule has 240 valence electrons. The molecule has 3 N–H and O–H groups in total. The van der Waals surface area contributed by atoms with E-state index >= 15 is 0 Å². The summed E-state index contributed by atoms with van der Waals surface area (Å²) in [5.74, 6) is -0.433. The van der Waals surface area contributed by atoms with Crippen molar-refractivity contribution < 1.29 is 27.6 Å². The average Bonchev–Trinajstić information content (AvgIpc) is 3.60. The molecule has 0 atom stereocenters. The van der Waals surface area contributed by atoms with E-state index in [1.807, 2.05) is 4.90 Å². The van der Waals surface area contributed by atoms with E-state index in [2.05, 4.69) is 25.7 Å². The molecule has 0 unspecified atom stereocenters. The van der Waals surface area contributed by atoms with Crippen LogP contribution in [0.1, 0.15) is 76.1 Å². The number of piperidine rings is 1. The molecular formula is C30H34ClF3N8O3. The molecule has 3 fully saturated rings. The van der Waals surface area contributed by atoms with E-state index in [9.17, 15) is 27.6 Å². The summed E-state index contributed by atoms with van der Waals surface area (Å²) in [6.07, 6.45) is 2.14. The van der Waals surface area contributed by atoms with Crippen LogP contribution in [0.15, 0.2) is 30.6 Å². The van der Waals surface area contributed by atoms with Crippen LogP contribution in [0, 0.1) is 5.92 Å². The molecule has 3 aromatic rings. The minimum atomic E-state index is -4.59. The molecule has 1 aliphatic carbocycles. The quantitative estimate of drug-likeness (QED) is 0.338. The summed E-state index contributed by atoms with van der Waals surface area (Å²) in [4.78, 5) is 49.1. The molecule has 3 aliphatic rings. The number of hydrogen-bond acceptors (Lipinski definition) is 6. The van der Waals surface area contributed by atoms with Crippen molar-refractivity contribution >= 4 is 35.0 Å². The van der Waals surface area contributed by atoms with Crippen molar-refractivity contribution in [1.82, 2.24) is 34.9 Å². The first kappa shape index (κ1) is 31.1. The van der Waals surface area contributed by atoms with Gasteiger partial charge in [-0.1, -0.05) is 11.6 Å². The second-order valence-corrected chi connectivity index (χ2v) is 12.3. The normalized spacial score (nSPS) is 17.9. The average molecular weight is 647 g/mol. The van der Waals surface area contributed by atoms with Gasteiger partial charge in [-0.3, -0.25) is 19.1 Å². The largest absolute Gasteiger partial charge is 0.435 e. The van der Waals surface area contributed by atoms with Crippen LogP contribution in [0.2, 0.25) is 5.02 Å². The number of halogens is 4. The number of piperazine rings is 1. The summed E-state index contributed by atoms with van der Waals surface area (Å²) >= 11 is 6.44. The van der Waals surface area contributed by atoms with E-state index in [1.165, 1.54) is 29.2 Å². The molecule has 0 radical (unpaired) electrons. The number of nitrogens with one attached hydrogen (secondary N) is 3. The fourth-order valence-corrected chi connectivity index (χ4v) is 6.10. The van der Waals surface area contributed by atoms with E-state index in [0.717, 1.165) is 38.8 Å². The topological polar surface area (TPSA) is 128 Å². The third-order valence-electron chi connectivity index (χ3n) is 8.52. The van der Waals surface area contributed by atoms with Crippen LogP contribution in [-0.4, -0.2) is 86.5 Å². The second-order valence-electron chi connectivity index (χ2n) is 11.9. The monoisotopic (exact) mass is 646 g/mol. The first-order valence-electron chi connectivity index (χ1n) is 15.1. The molecule has 1 saturated carbocycles. The smallest absolute Gasteiger partial charge is 0.339 e. The molecule has 2 saturated heterocycles. The van der Waals surface area contributed by atoms with E-state index < -0.39 is 17.8 Å². The Morgan fingerprint density at radius 2 is 1.73 bits per heavy atom. The maximum atomic E-state index is 13.5. The van der Waals surface area contributed by atoms with Crippen molar-refractivity contribution in [3.8, 4) is 0 Å². The molecule has 0 bridgehead atoms. The standard InChI is InChI=1S/C30H34ClF3N8O3/c31-24-15-20(1-4-23(24)29(45)41-11-9-40(10-12-41)25(43)13-18-5-7-35-8-6-18)38-28(44)27-36-16-21(37-27)14-19-17-42(22-2-3-22)39-26(19)30(32,33)34/h1,4,15-18,22,35H,2-3,5-14H2,(H,36,37)(H,38,44). The lowest BCUT2D eigenvalue weighted by Crippen LogP contribution is -2.51. The van der Waals surface area contributed by atoms with Crippen LogP contribution in [0.3, 0.4) is 0 Å². The summed E-state index contributed by atoms with van der Waals surface area (Å²) < 4.78 is 42.0. The molecule has 3 amide bonds. The second kappa shape index (κ2) is 12.8. The predicted molar refractivity (Wildman–Crippen MR) is 159 cm³/mol. The van der Waals surface area contributed by atoms with Gasteiger partial charge in [-0.05, 0) is 62.9 Å². The minimum absolute atomic E-state index is 0.00211. The molecule has 11 nitrogen and oxygen atoms in total. The highest BCUT2D eigenvalue weighted by molar-refractivity contribution is 6.34. The summed E-state index contributed by atoms with van der Waals surface area (Å²) in [7, 11) is 0. The number of alkyl halides is 3. The van der Waals surface area contributed by atoms with Crippen molar-refractivity contribution in [2.24, 2.45) is 5.92 Å². The number of benzene rings is 1. The summed E-state index contributed by atoms with van der Waals surface area (Å²) in [6, 6.07) is 4.52. The number of hydrogen-bond donors (Lipinski definition) is 3. The first-order valence-corrected chi connectivity index (χ1v) is 15.5. The van der Waals surface area contributed by atoms with Crippen LogP contribution in [0.4, 0.5) is 18.9 Å². The number of imidazole rings is 1. The molecule has 2 aliphatic heterocycles. The van der Waals surface area contributed by atoms with Crippen LogP contribution in [0.25, 0.3) is 0 Å². The van der Waals surface area contributed by atoms with Crippen molar-refractivity contribution in [3.63, 3.8) is 0 Å². The lowest BCUT2D eigenvalue weighted by molar-refractivity contribution is -0.142. The van der Waals surface area contributed by atoms with Gasteiger partial charge in [0, 0.05) is 68.4 Å². The Kier molecular flexibility index (Phi) is 8.87. The Bertz CT molecular complexity index is 1570. The van der Waals surface area contributed by atoms with Gasteiger partial charge in [-0.25, -0.2) is 4.98 Å². The van der Waals surface area contributed by atoms with Gasteiger partial charge >= 0.3 is 6.18 Å². The zero-order valence-electron chi connectivity index (χ0n) is 24.5. The van der Waals surface area contributed by atoms with Crippen molar-refractivity contribution in [3.05, 3.63) is 64.0 Å². The van der Waals surface area contributed by atoms with Gasteiger partial charge in [0.2, 0.25) is 5.91 Å². The van der Waals surface area contributed by atoms with Crippen molar-refractivity contribution in [2.75, 3.05) is 44.6 Å². The molecule has 45 heavy (non-hydrogen) atoms. The molecule has 2 aromatic heterocycles. The highest BCUT2D eigenvalue weighted by Crippen LogP contribution is 2.38. The summed E-state index contributed by atoms with van der Waals surface area (Å²) in [5.41, 5.74) is -0.0212. The Morgan fingerprint density at radius 1 is 1.02 bits per heavy atom. The zero-order chi connectivity index (χ0) is 31.7. The van der Waals surface area contributed by atoms with E-state index in [4.69, 9.17) is 11.6 Å². The molecule has 15 heteroatoms. The lowest BCUT2D eigenvalue weighted by Gasteiger charge is -2.36. The number of carbonyl (C=O) groups excluding carboxylic acids is 3. The highest BCUT2D eigenvalue weighted by atomic mass is 35.5. The summed E-state index contributed by atoms with van der Waals surface area (Å²) in [6.45, 7) is 3.61. The van der Waals surface area contributed by atoms with Gasteiger partial charge in [0.15, 0.2) is 11.5 Å². The highest BCUT2D eigenvalue weighted by Gasteiger charge is 2.39. The molecule has 6 rings (SSSR count). The Morgan fingerprint density at radius 3 is 2.40 bits per heavy atom. The SMILES string of the molecule is O=C(Nc1ccc(C(=O)N2CCN(C(=O)CC3CCNCC3)CC2)c(Cl)c1)c1ncc(Cc2cn(C3CC3)nc2C(F)(F)F)[nH]1. The van der Waals surface area contributed by atoms with Gasteiger partial charge in [0.05, 0.1) is 16.6 Å². The van der Waals surface area contributed by atoms with Crippen LogP contribution in [0.5, 0.6) is 0 Å². The van der Waals surface area contributed by atoms with Gasteiger partial charge in [0.25, 0.3) is 11.8 Å². The lowest BCUT2D eigenvalue weighted by atomic mass is 9.94. The number of anilines is 1. The number of aromatic nitrogens is 4. The fraction of sp³-hybridized carbons (Fsp3) is 0.500. The number of nitrogens with zero attached hydrogens (tertiary/aromatic N) is 5. The minimum Gasteiger partial charge on any atom is -0.339 e. The molecular weight excluding hydrogens is 613 g/mol. The van der Waals surface area contributed by atoms with Crippen molar-refractivity contribution in [1.29, 1.82) is 0 Å². The number of carbonyl (C=O) groups is 3. The van der Waals surface area contributed by atoms with E-state index in [-0.39, 0.29) is 46.3 Å².